The Bertz CT molecular complexity index is 48.9. The zero-order chi connectivity index (χ0) is 5.91. The van der Waals surface area contributed by atoms with E-state index in [0.29, 0.717) is 6.61 Å². The molecule has 0 aliphatic heterocycles. The van der Waals surface area contributed by atoms with E-state index in [1.54, 1.807) is 21.0 Å². The molecule has 0 amide bonds. The summed E-state index contributed by atoms with van der Waals surface area (Å²) in [4.78, 5) is 0. The first-order chi connectivity index (χ1) is 3.06. The van der Waals surface area contributed by atoms with Crippen molar-refractivity contribution in [1.82, 2.24) is 0 Å². The van der Waals surface area contributed by atoms with Crippen molar-refractivity contribution in [2.24, 2.45) is 0 Å². The fourth-order valence-electron chi connectivity index (χ4n) is 0.353. The molecule has 0 unspecified atom stereocenters. The Morgan fingerprint density at radius 1 is 1.50 bits per heavy atom. The summed E-state index contributed by atoms with van der Waals surface area (Å²) >= 11 is 0. The minimum absolute atomic E-state index is 0. The van der Waals surface area contributed by atoms with Gasteiger partial charge in [-0.25, -0.2) is 0 Å². The molecular formula is C5H12O2Ti. The zero-order valence-corrected chi connectivity index (χ0v) is 7.12. The Kier molecular flexibility index (Phi) is 6.44. The van der Waals surface area contributed by atoms with Crippen LogP contribution in [0.4, 0.5) is 0 Å². The molecule has 0 aromatic carbocycles. The van der Waals surface area contributed by atoms with E-state index < -0.39 is 5.60 Å². The molecule has 0 aromatic rings. The van der Waals surface area contributed by atoms with Crippen molar-refractivity contribution in [2.75, 3.05) is 13.7 Å². The van der Waals surface area contributed by atoms with Gasteiger partial charge in [0.1, 0.15) is 0 Å². The Labute approximate surface area is 65.1 Å². The third-order valence-electron chi connectivity index (χ3n) is 0.498. The molecule has 48 valence electrons. The summed E-state index contributed by atoms with van der Waals surface area (Å²) in [6.45, 7) is 3.81. The van der Waals surface area contributed by atoms with Crippen molar-refractivity contribution < 1.29 is 31.6 Å². The molecule has 0 atom stereocenters. The van der Waals surface area contributed by atoms with Crippen LogP contribution in [0.15, 0.2) is 0 Å². The molecule has 2 nitrogen and oxygen atoms in total. The number of hydrogen-bond donors (Lipinski definition) is 1. The van der Waals surface area contributed by atoms with Crippen molar-refractivity contribution in [3.63, 3.8) is 0 Å². The first kappa shape index (κ1) is 11.4. The maximum absolute atomic E-state index is 8.89. The first-order valence-corrected chi connectivity index (χ1v) is 2.27. The number of hydrogen-bond acceptors (Lipinski definition) is 2. The van der Waals surface area contributed by atoms with Crippen LogP contribution in [0.5, 0.6) is 0 Å². The van der Waals surface area contributed by atoms with Gasteiger partial charge in [0.2, 0.25) is 0 Å². The molecular weight excluding hydrogens is 140 g/mol. The van der Waals surface area contributed by atoms with Gasteiger partial charge in [0.05, 0.1) is 12.2 Å². The Morgan fingerprint density at radius 3 is 1.88 bits per heavy atom. The van der Waals surface area contributed by atoms with Gasteiger partial charge in [-0.1, -0.05) is 0 Å². The van der Waals surface area contributed by atoms with E-state index in [2.05, 4.69) is 4.74 Å². The van der Waals surface area contributed by atoms with E-state index in [4.69, 9.17) is 5.11 Å². The van der Waals surface area contributed by atoms with Crippen LogP contribution in [-0.2, 0) is 26.5 Å². The fourth-order valence-corrected chi connectivity index (χ4v) is 0.353. The molecule has 0 aromatic heterocycles. The molecule has 0 bridgehead atoms. The number of rotatable bonds is 2. The number of methoxy groups -OCH3 is 1. The van der Waals surface area contributed by atoms with Gasteiger partial charge in [-0.2, -0.15) is 0 Å². The predicted molar refractivity (Wildman–Crippen MR) is 28.2 cm³/mol. The standard InChI is InChI=1S/C5H12O2.Ti/c1-5(2,6)4-7-3;/h6H,4H2,1-3H3;. The Hall–Kier alpha value is 0.634. The van der Waals surface area contributed by atoms with Crippen LogP contribution in [0.1, 0.15) is 13.8 Å². The van der Waals surface area contributed by atoms with Gasteiger partial charge in [0, 0.05) is 28.8 Å². The SMILES string of the molecule is COCC(C)(C)O.[Ti]. The summed E-state index contributed by atoms with van der Waals surface area (Å²) in [6, 6.07) is 0. The third kappa shape index (κ3) is 9.81. The average Bonchev–Trinajstić information content (AvgIpc) is 1.30. The summed E-state index contributed by atoms with van der Waals surface area (Å²) in [5.74, 6) is 0. The van der Waals surface area contributed by atoms with E-state index >= 15 is 0 Å². The second kappa shape index (κ2) is 4.51. The van der Waals surface area contributed by atoms with E-state index in [1.165, 1.54) is 0 Å². The maximum Gasteiger partial charge on any atom is 0.0824 e. The van der Waals surface area contributed by atoms with Crippen molar-refractivity contribution in [3.8, 4) is 0 Å². The van der Waals surface area contributed by atoms with Crippen molar-refractivity contribution in [2.45, 2.75) is 19.4 Å². The molecule has 0 aliphatic carbocycles. The minimum atomic E-state index is -0.672. The van der Waals surface area contributed by atoms with Gasteiger partial charge in [0.15, 0.2) is 0 Å². The monoisotopic (exact) mass is 152 g/mol. The van der Waals surface area contributed by atoms with Gasteiger partial charge in [0.25, 0.3) is 0 Å². The first-order valence-electron chi connectivity index (χ1n) is 2.27. The van der Waals surface area contributed by atoms with Gasteiger partial charge >= 0.3 is 0 Å². The molecule has 0 aliphatic rings. The molecule has 0 saturated heterocycles. The molecule has 3 heteroatoms. The molecule has 1 N–H and O–H groups in total. The second-order valence-electron chi connectivity index (χ2n) is 2.25. The number of aliphatic hydroxyl groups is 1. The van der Waals surface area contributed by atoms with Crippen LogP contribution in [0.3, 0.4) is 0 Å². The molecule has 0 spiro atoms. The predicted octanol–water partition coefficient (Wildman–Crippen LogP) is 0.401. The van der Waals surface area contributed by atoms with Crippen molar-refractivity contribution in [3.05, 3.63) is 0 Å². The Morgan fingerprint density at radius 2 is 1.88 bits per heavy atom. The van der Waals surface area contributed by atoms with Crippen LogP contribution >= 0.6 is 0 Å². The average molecular weight is 152 g/mol. The summed E-state index contributed by atoms with van der Waals surface area (Å²) in [5.41, 5.74) is -0.672. The smallest absolute Gasteiger partial charge is 0.0824 e. The third-order valence-corrected chi connectivity index (χ3v) is 0.498. The largest absolute Gasteiger partial charge is 0.388 e. The van der Waals surface area contributed by atoms with E-state index in [9.17, 15) is 0 Å². The fraction of sp³-hybridized carbons (Fsp3) is 1.00. The quantitative estimate of drug-likeness (QED) is 0.580. The summed E-state index contributed by atoms with van der Waals surface area (Å²) in [7, 11) is 1.57. The van der Waals surface area contributed by atoms with E-state index in [0.717, 1.165) is 0 Å². The van der Waals surface area contributed by atoms with Gasteiger partial charge in [-0.05, 0) is 13.8 Å². The summed E-state index contributed by atoms with van der Waals surface area (Å²) in [5, 5.41) is 8.89. The number of ether oxygens (including phenoxy) is 1. The van der Waals surface area contributed by atoms with Crippen LogP contribution in [-0.4, -0.2) is 24.4 Å². The summed E-state index contributed by atoms with van der Waals surface area (Å²) in [6.07, 6.45) is 0. The second-order valence-corrected chi connectivity index (χ2v) is 2.25. The molecule has 0 heterocycles. The normalized spacial score (nSPS) is 10.5. The van der Waals surface area contributed by atoms with Crippen molar-refractivity contribution >= 4 is 0 Å². The Balaban J connectivity index is 0. The topological polar surface area (TPSA) is 29.5 Å². The van der Waals surface area contributed by atoms with Gasteiger partial charge in [-0.15, -0.1) is 0 Å². The molecule has 0 rings (SSSR count). The van der Waals surface area contributed by atoms with E-state index in [1.807, 2.05) is 0 Å². The zero-order valence-electron chi connectivity index (χ0n) is 5.56. The van der Waals surface area contributed by atoms with Crippen LogP contribution in [0.25, 0.3) is 0 Å². The molecule has 0 radical (unpaired) electrons. The maximum atomic E-state index is 8.89. The van der Waals surface area contributed by atoms with Gasteiger partial charge in [-0.3, -0.25) is 0 Å². The van der Waals surface area contributed by atoms with Crippen molar-refractivity contribution in [1.29, 1.82) is 0 Å². The van der Waals surface area contributed by atoms with Crippen LogP contribution < -0.4 is 0 Å². The molecule has 0 saturated carbocycles. The molecule has 0 fully saturated rings. The van der Waals surface area contributed by atoms with Gasteiger partial charge < -0.3 is 9.84 Å². The van der Waals surface area contributed by atoms with Crippen LogP contribution in [0.2, 0.25) is 0 Å². The minimum Gasteiger partial charge on any atom is -0.388 e. The van der Waals surface area contributed by atoms with E-state index in [-0.39, 0.29) is 21.7 Å². The summed E-state index contributed by atoms with van der Waals surface area (Å²) < 4.78 is 4.66. The van der Waals surface area contributed by atoms with Crippen LogP contribution in [0, 0.1) is 0 Å². The molecule has 8 heavy (non-hydrogen) atoms.